The predicted molar refractivity (Wildman–Crippen MR) is 143 cm³/mol. The van der Waals surface area contributed by atoms with Gasteiger partial charge < -0.3 is 14.0 Å². The van der Waals surface area contributed by atoms with Crippen molar-refractivity contribution in [3.8, 4) is 11.5 Å². The van der Waals surface area contributed by atoms with Gasteiger partial charge in [0.15, 0.2) is 5.92 Å². The maximum Gasteiger partial charge on any atom is 0.321 e. The molecule has 1 aromatic heterocycles. The van der Waals surface area contributed by atoms with Crippen LogP contribution in [0.2, 0.25) is 0 Å². The number of unbranched alkanes of at least 4 members (excludes halogenated alkanes) is 2. The van der Waals surface area contributed by atoms with E-state index in [1.807, 2.05) is 83.4 Å². The largest absolute Gasteiger partial charge is 0.465 e. The summed E-state index contributed by atoms with van der Waals surface area (Å²) < 4.78 is 13.6. The second kappa shape index (κ2) is 10.9. The van der Waals surface area contributed by atoms with E-state index in [2.05, 4.69) is 6.92 Å². The number of fused-ring (bicyclic) bond motifs is 3. The number of esters is 1. The number of aromatic nitrogens is 2. The van der Waals surface area contributed by atoms with Gasteiger partial charge >= 0.3 is 5.97 Å². The van der Waals surface area contributed by atoms with Crippen LogP contribution in [0.1, 0.15) is 44.7 Å². The molecule has 1 amide bonds. The van der Waals surface area contributed by atoms with Gasteiger partial charge in [0.1, 0.15) is 11.5 Å². The SMILES string of the molecule is CCCCCN1C(=O)C(C(=O)OCC)C(c2cccc(Oc3ccccc3)c2)n2c1nc1ccccc12. The van der Waals surface area contributed by atoms with Crippen LogP contribution in [0.5, 0.6) is 11.5 Å². The molecule has 37 heavy (non-hydrogen) atoms. The number of para-hydroxylation sites is 3. The Kier molecular flexibility index (Phi) is 7.21. The highest BCUT2D eigenvalue weighted by Gasteiger charge is 2.47. The quantitative estimate of drug-likeness (QED) is 0.158. The summed E-state index contributed by atoms with van der Waals surface area (Å²) in [5.74, 6) is 0.0284. The zero-order chi connectivity index (χ0) is 25.8. The van der Waals surface area contributed by atoms with E-state index in [4.69, 9.17) is 14.5 Å². The fourth-order valence-corrected chi connectivity index (χ4v) is 4.97. The molecule has 3 aromatic carbocycles. The van der Waals surface area contributed by atoms with Crippen LogP contribution < -0.4 is 9.64 Å². The zero-order valence-corrected chi connectivity index (χ0v) is 21.2. The first-order chi connectivity index (χ1) is 18.1. The third-order valence-corrected chi connectivity index (χ3v) is 6.65. The number of carbonyl (C=O) groups excluding carboxylic acids is 2. The molecule has 0 radical (unpaired) electrons. The average Bonchev–Trinajstić information content (AvgIpc) is 3.29. The first-order valence-electron chi connectivity index (χ1n) is 12.9. The molecule has 2 unspecified atom stereocenters. The number of nitrogens with zero attached hydrogens (tertiary/aromatic N) is 3. The van der Waals surface area contributed by atoms with Crippen molar-refractivity contribution in [2.75, 3.05) is 18.1 Å². The number of benzene rings is 3. The molecule has 2 atom stereocenters. The Labute approximate surface area is 216 Å². The molecule has 0 aliphatic carbocycles. The van der Waals surface area contributed by atoms with Crippen LogP contribution in [0.3, 0.4) is 0 Å². The van der Waals surface area contributed by atoms with Crippen molar-refractivity contribution in [2.45, 2.75) is 39.2 Å². The molecule has 1 aliphatic rings. The normalized spacial score (nSPS) is 17.0. The van der Waals surface area contributed by atoms with Crippen molar-refractivity contribution >= 4 is 28.9 Å². The Balaban J connectivity index is 1.66. The van der Waals surface area contributed by atoms with E-state index in [-0.39, 0.29) is 12.5 Å². The third-order valence-electron chi connectivity index (χ3n) is 6.65. The van der Waals surface area contributed by atoms with Gasteiger partial charge in [0.05, 0.1) is 23.7 Å². The minimum Gasteiger partial charge on any atom is -0.465 e. The Morgan fingerprint density at radius 3 is 2.46 bits per heavy atom. The van der Waals surface area contributed by atoms with Gasteiger partial charge in [0.2, 0.25) is 11.9 Å². The Morgan fingerprint density at radius 1 is 0.919 bits per heavy atom. The van der Waals surface area contributed by atoms with Crippen LogP contribution in [-0.2, 0) is 14.3 Å². The molecule has 0 saturated heterocycles. The average molecular weight is 498 g/mol. The Bertz CT molecular complexity index is 1400. The summed E-state index contributed by atoms with van der Waals surface area (Å²) in [6.07, 6.45) is 2.83. The van der Waals surface area contributed by atoms with E-state index in [0.717, 1.165) is 35.9 Å². The molecule has 0 N–H and O–H groups in total. The number of ether oxygens (including phenoxy) is 2. The van der Waals surface area contributed by atoms with Gasteiger partial charge in [0, 0.05) is 6.54 Å². The maximum atomic E-state index is 14.0. The molecule has 0 fully saturated rings. The molecule has 7 heteroatoms. The Hall–Kier alpha value is -4.13. The van der Waals surface area contributed by atoms with Gasteiger partial charge in [-0.05, 0) is 55.3 Å². The first kappa shape index (κ1) is 24.6. The Morgan fingerprint density at radius 2 is 1.68 bits per heavy atom. The van der Waals surface area contributed by atoms with Crippen LogP contribution in [0.25, 0.3) is 11.0 Å². The topological polar surface area (TPSA) is 73.7 Å². The summed E-state index contributed by atoms with van der Waals surface area (Å²) in [6.45, 7) is 4.57. The van der Waals surface area contributed by atoms with Crippen molar-refractivity contribution in [1.29, 1.82) is 0 Å². The molecule has 190 valence electrons. The van der Waals surface area contributed by atoms with E-state index >= 15 is 0 Å². The van der Waals surface area contributed by atoms with Crippen LogP contribution in [0, 0.1) is 5.92 Å². The van der Waals surface area contributed by atoms with E-state index in [0.29, 0.717) is 24.0 Å². The van der Waals surface area contributed by atoms with Crippen LogP contribution >= 0.6 is 0 Å². The summed E-state index contributed by atoms with van der Waals surface area (Å²) in [4.78, 5) is 33.9. The number of rotatable bonds is 9. The molecule has 0 bridgehead atoms. The molecular formula is C30H31N3O4. The molecule has 1 aliphatic heterocycles. The second-order valence-electron chi connectivity index (χ2n) is 9.13. The first-order valence-corrected chi connectivity index (χ1v) is 12.9. The van der Waals surface area contributed by atoms with Gasteiger partial charge in [-0.1, -0.05) is 62.2 Å². The highest BCUT2D eigenvalue weighted by Crippen LogP contribution is 2.42. The molecule has 7 nitrogen and oxygen atoms in total. The molecule has 0 spiro atoms. The van der Waals surface area contributed by atoms with E-state index in [1.54, 1.807) is 11.8 Å². The smallest absolute Gasteiger partial charge is 0.321 e. The lowest BCUT2D eigenvalue weighted by Crippen LogP contribution is -2.50. The second-order valence-corrected chi connectivity index (χ2v) is 9.13. The number of hydrogen-bond acceptors (Lipinski definition) is 5. The number of imidazole rings is 1. The fraction of sp³-hybridized carbons (Fsp3) is 0.300. The highest BCUT2D eigenvalue weighted by atomic mass is 16.5. The minimum absolute atomic E-state index is 0.194. The summed E-state index contributed by atoms with van der Waals surface area (Å²) in [7, 11) is 0. The maximum absolute atomic E-state index is 14.0. The number of hydrogen-bond donors (Lipinski definition) is 0. The molecule has 5 rings (SSSR count). The molecular weight excluding hydrogens is 466 g/mol. The lowest BCUT2D eigenvalue weighted by Gasteiger charge is -2.38. The molecule has 0 saturated carbocycles. The number of anilines is 1. The van der Waals surface area contributed by atoms with Crippen molar-refractivity contribution in [1.82, 2.24) is 9.55 Å². The van der Waals surface area contributed by atoms with Crippen molar-refractivity contribution < 1.29 is 19.1 Å². The minimum atomic E-state index is -1.04. The van der Waals surface area contributed by atoms with Gasteiger partial charge in [0.25, 0.3) is 0 Å². The van der Waals surface area contributed by atoms with Gasteiger partial charge in [-0.15, -0.1) is 0 Å². The van der Waals surface area contributed by atoms with Crippen molar-refractivity contribution in [3.05, 3.63) is 84.4 Å². The van der Waals surface area contributed by atoms with E-state index < -0.39 is 17.9 Å². The third kappa shape index (κ3) is 4.81. The van der Waals surface area contributed by atoms with Gasteiger partial charge in [-0.25, -0.2) is 4.98 Å². The van der Waals surface area contributed by atoms with Gasteiger partial charge in [-0.2, -0.15) is 0 Å². The fourth-order valence-electron chi connectivity index (χ4n) is 4.97. The summed E-state index contributed by atoms with van der Waals surface area (Å²) in [6, 6.07) is 24.2. The summed E-state index contributed by atoms with van der Waals surface area (Å²) in [5.41, 5.74) is 2.41. The van der Waals surface area contributed by atoms with Crippen LogP contribution in [-0.4, -0.2) is 34.6 Å². The highest BCUT2D eigenvalue weighted by molar-refractivity contribution is 6.08. The molecule has 2 heterocycles. The van der Waals surface area contributed by atoms with Crippen LogP contribution in [0.4, 0.5) is 5.95 Å². The van der Waals surface area contributed by atoms with Crippen LogP contribution in [0.15, 0.2) is 78.9 Å². The monoisotopic (exact) mass is 497 g/mol. The van der Waals surface area contributed by atoms with E-state index in [1.165, 1.54) is 0 Å². The lowest BCUT2D eigenvalue weighted by atomic mass is 9.89. The zero-order valence-electron chi connectivity index (χ0n) is 21.2. The lowest BCUT2D eigenvalue weighted by molar-refractivity contribution is -0.153. The molecule has 4 aromatic rings. The van der Waals surface area contributed by atoms with Crippen molar-refractivity contribution in [2.24, 2.45) is 5.92 Å². The summed E-state index contributed by atoms with van der Waals surface area (Å²) in [5, 5.41) is 0. The summed E-state index contributed by atoms with van der Waals surface area (Å²) >= 11 is 0. The number of amides is 1. The number of carbonyl (C=O) groups is 2. The standard InChI is InChI=1S/C30H31N3O4/c1-3-5-11-19-32-28(34)26(29(35)36-4-2)27(33-25-18-10-9-17-24(25)31-30(32)33)21-13-12-16-23(20-21)37-22-14-7-6-8-15-22/h6-10,12-18,20,26-27H,3-5,11,19H2,1-2H3. The van der Waals surface area contributed by atoms with E-state index in [9.17, 15) is 9.59 Å². The predicted octanol–water partition coefficient (Wildman–Crippen LogP) is 6.13. The van der Waals surface area contributed by atoms with Crippen molar-refractivity contribution in [3.63, 3.8) is 0 Å². The van der Waals surface area contributed by atoms with Gasteiger partial charge in [-0.3, -0.25) is 14.5 Å².